The molecule has 0 aliphatic heterocycles. The maximum atomic E-state index is 13.1. The predicted octanol–water partition coefficient (Wildman–Crippen LogP) is 5.66. The molecule has 6 nitrogen and oxygen atoms in total. The fourth-order valence-electron chi connectivity index (χ4n) is 3.41. The van der Waals surface area contributed by atoms with Crippen LogP contribution in [0.5, 0.6) is 17.2 Å². The standard InChI is InChI=1S/C26H20N2O4/c1-18-26(32-21-10-6-3-7-11-21)25(29)23-14-22(12-13-24(23)31-18)30-17-19-15-27-28(16-19)20-8-4-2-5-9-20/h2-16H,17H2,1H3. The van der Waals surface area contributed by atoms with Crippen LogP contribution in [-0.4, -0.2) is 9.78 Å². The topological polar surface area (TPSA) is 66.5 Å². The average molecular weight is 424 g/mol. The van der Waals surface area contributed by atoms with Gasteiger partial charge in [0.2, 0.25) is 11.2 Å². The number of hydrogen-bond acceptors (Lipinski definition) is 5. The van der Waals surface area contributed by atoms with Crippen LogP contribution in [0.15, 0.2) is 100 Å². The van der Waals surface area contributed by atoms with E-state index in [-0.39, 0.29) is 11.2 Å². The van der Waals surface area contributed by atoms with Crippen LogP contribution in [-0.2, 0) is 6.61 Å². The van der Waals surface area contributed by atoms with E-state index in [9.17, 15) is 4.79 Å². The Labute approximate surface area is 184 Å². The normalized spacial score (nSPS) is 10.9. The average Bonchev–Trinajstić information content (AvgIpc) is 3.31. The van der Waals surface area contributed by atoms with E-state index >= 15 is 0 Å². The first-order valence-electron chi connectivity index (χ1n) is 10.2. The molecule has 2 aromatic heterocycles. The first-order valence-corrected chi connectivity index (χ1v) is 10.2. The molecule has 0 aliphatic rings. The second-order valence-electron chi connectivity index (χ2n) is 7.31. The Morgan fingerprint density at radius 1 is 0.938 bits per heavy atom. The van der Waals surface area contributed by atoms with Crippen molar-refractivity contribution in [3.05, 3.63) is 113 Å². The Morgan fingerprint density at radius 3 is 2.47 bits per heavy atom. The van der Waals surface area contributed by atoms with Gasteiger partial charge in [0, 0.05) is 11.8 Å². The molecule has 32 heavy (non-hydrogen) atoms. The van der Waals surface area contributed by atoms with Gasteiger partial charge in [0.1, 0.15) is 29.4 Å². The summed E-state index contributed by atoms with van der Waals surface area (Å²) < 4.78 is 19.3. The van der Waals surface area contributed by atoms with E-state index < -0.39 is 0 Å². The molecule has 0 saturated carbocycles. The van der Waals surface area contributed by atoms with Gasteiger partial charge in [-0.25, -0.2) is 4.68 Å². The van der Waals surface area contributed by atoms with Crippen molar-refractivity contribution >= 4 is 11.0 Å². The lowest BCUT2D eigenvalue weighted by Crippen LogP contribution is -2.07. The van der Waals surface area contributed by atoms with E-state index in [1.54, 1.807) is 48.1 Å². The van der Waals surface area contributed by atoms with E-state index in [0.717, 1.165) is 11.3 Å². The fourth-order valence-corrected chi connectivity index (χ4v) is 3.41. The van der Waals surface area contributed by atoms with Gasteiger partial charge in [-0.05, 0) is 49.4 Å². The number of aromatic nitrogens is 2. The maximum absolute atomic E-state index is 13.1. The summed E-state index contributed by atoms with van der Waals surface area (Å²) in [5, 5.41) is 4.78. The monoisotopic (exact) mass is 424 g/mol. The van der Waals surface area contributed by atoms with Crippen molar-refractivity contribution in [2.24, 2.45) is 0 Å². The third-order valence-electron chi connectivity index (χ3n) is 5.01. The summed E-state index contributed by atoms with van der Waals surface area (Å²) in [6, 6.07) is 24.2. The van der Waals surface area contributed by atoms with Gasteiger partial charge >= 0.3 is 0 Å². The van der Waals surface area contributed by atoms with Crippen molar-refractivity contribution < 1.29 is 13.9 Å². The Morgan fingerprint density at radius 2 is 1.69 bits per heavy atom. The zero-order valence-corrected chi connectivity index (χ0v) is 17.4. The van der Waals surface area contributed by atoms with Gasteiger partial charge in [-0.2, -0.15) is 5.10 Å². The number of hydrogen-bond donors (Lipinski definition) is 0. The molecule has 6 heteroatoms. The van der Waals surface area contributed by atoms with E-state index in [4.69, 9.17) is 13.9 Å². The van der Waals surface area contributed by atoms with Crippen molar-refractivity contribution in [1.82, 2.24) is 9.78 Å². The molecule has 0 unspecified atom stereocenters. The minimum Gasteiger partial charge on any atom is -0.489 e. The van der Waals surface area contributed by atoms with Crippen LogP contribution >= 0.6 is 0 Å². The molecule has 0 bridgehead atoms. The molecule has 0 N–H and O–H groups in total. The third kappa shape index (κ3) is 3.98. The Hall–Kier alpha value is -4.32. The Bertz CT molecular complexity index is 1420. The van der Waals surface area contributed by atoms with Crippen LogP contribution in [0.2, 0.25) is 0 Å². The number of aryl methyl sites for hydroxylation is 1. The molecular weight excluding hydrogens is 404 g/mol. The smallest absolute Gasteiger partial charge is 0.235 e. The molecule has 0 radical (unpaired) electrons. The number of fused-ring (bicyclic) bond motifs is 1. The summed E-state index contributed by atoms with van der Waals surface area (Å²) in [5.74, 6) is 1.73. The fraction of sp³-hybridized carbons (Fsp3) is 0.0769. The van der Waals surface area contributed by atoms with Crippen molar-refractivity contribution in [3.63, 3.8) is 0 Å². The molecule has 0 aliphatic carbocycles. The van der Waals surface area contributed by atoms with Crippen molar-refractivity contribution in [1.29, 1.82) is 0 Å². The first kappa shape index (κ1) is 19.6. The van der Waals surface area contributed by atoms with E-state index in [2.05, 4.69) is 5.10 Å². The molecule has 3 aromatic carbocycles. The van der Waals surface area contributed by atoms with Crippen LogP contribution in [0.1, 0.15) is 11.3 Å². The van der Waals surface area contributed by atoms with Gasteiger partial charge < -0.3 is 13.9 Å². The molecule has 0 spiro atoms. The van der Waals surface area contributed by atoms with Crippen LogP contribution in [0.3, 0.4) is 0 Å². The number of ether oxygens (including phenoxy) is 2. The molecule has 0 saturated heterocycles. The first-order chi connectivity index (χ1) is 15.7. The largest absolute Gasteiger partial charge is 0.489 e. The highest BCUT2D eigenvalue weighted by molar-refractivity contribution is 5.79. The van der Waals surface area contributed by atoms with Gasteiger partial charge in [0.15, 0.2) is 0 Å². The summed E-state index contributed by atoms with van der Waals surface area (Å²) in [5.41, 5.74) is 2.13. The number of rotatable bonds is 6. The highest BCUT2D eigenvalue weighted by atomic mass is 16.5. The number of benzene rings is 3. The Balaban J connectivity index is 1.38. The second kappa shape index (κ2) is 8.43. The quantitative estimate of drug-likeness (QED) is 0.352. The second-order valence-corrected chi connectivity index (χ2v) is 7.31. The Kier molecular flexibility index (Phi) is 5.17. The summed E-state index contributed by atoms with van der Waals surface area (Å²) in [6.45, 7) is 2.04. The molecule has 0 amide bonds. The number of nitrogens with zero attached hydrogens (tertiary/aromatic N) is 2. The zero-order valence-electron chi connectivity index (χ0n) is 17.4. The van der Waals surface area contributed by atoms with Crippen LogP contribution in [0.25, 0.3) is 16.7 Å². The predicted molar refractivity (Wildman–Crippen MR) is 122 cm³/mol. The van der Waals surface area contributed by atoms with Gasteiger partial charge in [-0.1, -0.05) is 36.4 Å². The molecule has 2 heterocycles. The van der Waals surface area contributed by atoms with Crippen LogP contribution < -0.4 is 14.9 Å². The van der Waals surface area contributed by atoms with E-state index in [1.165, 1.54) is 0 Å². The van der Waals surface area contributed by atoms with Crippen molar-refractivity contribution in [2.45, 2.75) is 13.5 Å². The molecule has 0 fully saturated rings. The number of para-hydroxylation sites is 2. The summed E-state index contributed by atoms with van der Waals surface area (Å²) >= 11 is 0. The van der Waals surface area contributed by atoms with E-state index in [0.29, 0.717) is 34.8 Å². The van der Waals surface area contributed by atoms with Crippen molar-refractivity contribution in [3.8, 4) is 22.9 Å². The molecule has 158 valence electrons. The maximum Gasteiger partial charge on any atom is 0.235 e. The highest BCUT2D eigenvalue weighted by Gasteiger charge is 2.15. The minimum absolute atomic E-state index is 0.171. The highest BCUT2D eigenvalue weighted by Crippen LogP contribution is 2.27. The lowest BCUT2D eigenvalue weighted by Gasteiger charge is -2.10. The molecular formula is C26H20N2O4. The van der Waals surface area contributed by atoms with Gasteiger partial charge in [0.25, 0.3) is 0 Å². The summed E-state index contributed by atoms with van der Waals surface area (Å²) in [6.07, 6.45) is 3.68. The van der Waals surface area contributed by atoms with Gasteiger partial charge in [-0.15, -0.1) is 0 Å². The van der Waals surface area contributed by atoms with Gasteiger partial charge in [0.05, 0.1) is 17.3 Å². The lowest BCUT2D eigenvalue weighted by atomic mass is 10.2. The third-order valence-corrected chi connectivity index (χ3v) is 5.01. The molecule has 5 rings (SSSR count). The SMILES string of the molecule is Cc1oc2ccc(OCc3cnn(-c4ccccc4)c3)cc2c(=O)c1Oc1ccccc1. The van der Waals surface area contributed by atoms with Crippen LogP contribution in [0.4, 0.5) is 0 Å². The summed E-state index contributed by atoms with van der Waals surface area (Å²) in [4.78, 5) is 13.1. The van der Waals surface area contributed by atoms with Gasteiger partial charge in [-0.3, -0.25) is 4.79 Å². The zero-order chi connectivity index (χ0) is 21.9. The minimum atomic E-state index is -0.241. The lowest BCUT2D eigenvalue weighted by molar-refractivity contribution is 0.306. The summed E-state index contributed by atoms with van der Waals surface area (Å²) in [7, 11) is 0. The molecule has 0 atom stereocenters. The molecule has 5 aromatic rings. The van der Waals surface area contributed by atoms with Crippen LogP contribution in [0, 0.1) is 6.92 Å². The van der Waals surface area contributed by atoms with Crippen molar-refractivity contribution in [2.75, 3.05) is 0 Å². The van der Waals surface area contributed by atoms with E-state index in [1.807, 2.05) is 54.7 Å².